The minimum atomic E-state index is -2.07. The number of carbonyl (C=O) groups excluding carboxylic acids is 2. The normalized spacial score (nSPS) is 37.9. The van der Waals surface area contributed by atoms with Crippen molar-refractivity contribution in [2.24, 2.45) is 29.1 Å². The molecule has 0 aliphatic heterocycles. The van der Waals surface area contributed by atoms with Gasteiger partial charge in [0.05, 0.1) is 18.6 Å². The third-order valence-corrected chi connectivity index (χ3v) is 12.0. The van der Waals surface area contributed by atoms with Crippen LogP contribution < -0.4 is 0 Å². The number of fused-ring (bicyclic) bond motifs is 5. The molecule has 0 saturated heterocycles. The van der Waals surface area contributed by atoms with E-state index in [1.165, 1.54) is 44.6 Å². The van der Waals surface area contributed by atoms with Crippen LogP contribution in [0.1, 0.15) is 125 Å². The fourth-order valence-electron chi connectivity index (χ4n) is 9.59. The summed E-state index contributed by atoms with van der Waals surface area (Å²) >= 11 is 0. The maximum absolute atomic E-state index is 13.5. The maximum Gasteiger partial charge on any atom is 0.307 e. The van der Waals surface area contributed by atoms with Gasteiger partial charge < -0.3 is 30.3 Å². The molecule has 0 bridgehead atoms. The highest BCUT2D eigenvalue weighted by Gasteiger charge is 2.90. The van der Waals surface area contributed by atoms with Gasteiger partial charge >= 0.3 is 11.9 Å². The van der Waals surface area contributed by atoms with Crippen molar-refractivity contribution < 1.29 is 44.7 Å². The van der Waals surface area contributed by atoms with Crippen molar-refractivity contribution in [2.75, 3.05) is 6.61 Å². The summed E-state index contributed by atoms with van der Waals surface area (Å²) in [6.45, 7) is 8.38. The Morgan fingerprint density at radius 2 is 1.49 bits per heavy atom. The van der Waals surface area contributed by atoms with Gasteiger partial charge in [0, 0.05) is 41.9 Å². The van der Waals surface area contributed by atoms with Crippen LogP contribution in [0.2, 0.25) is 0 Å². The van der Waals surface area contributed by atoms with E-state index in [2.05, 4.69) is 6.92 Å². The number of aliphatic carboxylic acids is 1. The third-order valence-electron chi connectivity index (χ3n) is 12.0. The Morgan fingerprint density at radius 1 is 0.933 bits per heavy atom. The smallest absolute Gasteiger partial charge is 0.307 e. The summed E-state index contributed by atoms with van der Waals surface area (Å²) in [6.07, 6.45) is 14.5. The first kappa shape index (κ1) is 35.8. The Labute approximate surface area is 268 Å². The Morgan fingerprint density at radius 3 is 2.02 bits per heavy atom. The maximum atomic E-state index is 13.5. The molecule has 2 saturated carbocycles. The highest BCUT2D eigenvalue weighted by Crippen LogP contribution is 2.79. The molecule has 9 heteroatoms. The summed E-state index contributed by atoms with van der Waals surface area (Å²) in [6, 6.07) is 0. The molecule has 0 aromatic carbocycles. The molecule has 2 fully saturated rings. The lowest BCUT2D eigenvalue weighted by Gasteiger charge is -2.57. The zero-order valence-electron chi connectivity index (χ0n) is 27.9. The highest BCUT2D eigenvalue weighted by molar-refractivity contribution is 6.04. The molecule has 0 spiro atoms. The summed E-state index contributed by atoms with van der Waals surface area (Å²) in [5.74, 6) is -6.49. The fraction of sp³-hybridized carbons (Fsp3) is 0.806. The molecular weight excluding hydrogens is 576 g/mol. The average molecular weight is 633 g/mol. The number of esters is 1. The molecule has 0 unspecified atom stereocenters. The number of hydrogen-bond donors (Lipinski definition) is 5. The molecule has 0 heterocycles. The zero-order valence-corrected chi connectivity index (χ0v) is 27.9. The van der Waals surface area contributed by atoms with Crippen molar-refractivity contribution in [3.05, 3.63) is 23.3 Å². The number of carboxylic acid groups (broad SMARTS) is 1. The predicted molar refractivity (Wildman–Crippen MR) is 169 cm³/mol. The number of ether oxygens (including phenoxy) is 1. The Hall–Kier alpha value is -2.07. The number of aliphatic hydroxyl groups is 4. The van der Waals surface area contributed by atoms with Gasteiger partial charge in [-0.3, -0.25) is 14.4 Å². The number of unbranched alkanes of at least 4 members (excludes halogenated alkanes) is 10. The second-order valence-corrected chi connectivity index (χ2v) is 15.1. The lowest BCUT2D eigenvalue weighted by Crippen LogP contribution is -2.71. The molecule has 0 radical (unpaired) electrons. The lowest BCUT2D eigenvalue weighted by molar-refractivity contribution is -0.264. The first-order chi connectivity index (χ1) is 21.1. The standard InChI is InChI=1S/C36H56O9/c1-6-7-8-9-10-11-12-13-14-15-16-17-29(40)45-34(21-28(38)39)24(3)35(43)26(30-32(4,5)36(30,34)44)19-25(22-37)20-33(42)27(35)18-23(2)31(33)41/h18-19,24,26-27,30,37,42-44H,6-17,20-22H2,1-5H3,(H,38,39)/t24-,26+,27-,30-,33-,34-,35-,36+/m1/s1. The van der Waals surface area contributed by atoms with Crippen molar-refractivity contribution >= 4 is 17.7 Å². The van der Waals surface area contributed by atoms with E-state index in [1.807, 2.05) is 0 Å². The second kappa shape index (κ2) is 13.2. The van der Waals surface area contributed by atoms with E-state index in [9.17, 15) is 39.9 Å². The molecule has 8 atom stereocenters. The van der Waals surface area contributed by atoms with Crippen molar-refractivity contribution in [1.29, 1.82) is 0 Å². The van der Waals surface area contributed by atoms with Gasteiger partial charge in [0.15, 0.2) is 11.4 Å². The molecule has 0 aromatic rings. The number of ketones is 1. The van der Waals surface area contributed by atoms with Crippen molar-refractivity contribution in [1.82, 2.24) is 0 Å². The van der Waals surface area contributed by atoms with Gasteiger partial charge in [-0.2, -0.15) is 0 Å². The average Bonchev–Trinajstić information content (AvgIpc) is 3.38. The molecule has 4 rings (SSSR count). The van der Waals surface area contributed by atoms with E-state index in [4.69, 9.17) is 4.74 Å². The largest absolute Gasteiger partial charge is 0.481 e. The fourth-order valence-corrected chi connectivity index (χ4v) is 9.59. The summed E-state index contributed by atoms with van der Waals surface area (Å²) in [5, 5.41) is 57.5. The molecule has 4 aliphatic carbocycles. The van der Waals surface area contributed by atoms with E-state index in [1.54, 1.807) is 33.8 Å². The van der Waals surface area contributed by atoms with Crippen molar-refractivity contribution in [3.63, 3.8) is 0 Å². The minimum Gasteiger partial charge on any atom is -0.481 e. The molecule has 45 heavy (non-hydrogen) atoms. The van der Waals surface area contributed by atoms with Crippen molar-refractivity contribution in [2.45, 2.75) is 147 Å². The monoisotopic (exact) mass is 632 g/mol. The van der Waals surface area contributed by atoms with Crippen LogP contribution in [-0.2, 0) is 19.1 Å². The van der Waals surface area contributed by atoms with Crippen LogP contribution in [0.3, 0.4) is 0 Å². The van der Waals surface area contributed by atoms with Crippen LogP contribution in [0.5, 0.6) is 0 Å². The molecule has 254 valence electrons. The van der Waals surface area contributed by atoms with E-state index >= 15 is 0 Å². The topological polar surface area (TPSA) is 162 Å². The molecule has 0 amide bonds. The number of carbonyl (C=O) groups is 3. The van der Waals surface area contributed by atoms with Crippen LogP contribution in [-0.4, -0.2) is 72.3 Å². The van der Waals surface area contributed by atoms with Crippen LogP contribution in [0.4, 0.5) is 0 Å². The van der Waals surface area contributed by atoms with Gasteiger partial charge in [-0.1, -0.05) is 104 Å². The zero-order chi connectivity index (χ0) is 33.4. The number of carboxylic acids is 1. The highest BCUT2D eigenvalue weighted by atomic mass is 16.6. The first-order valence-electron chi connectivity index (χ1n) is 17.2. The molecular formula is C36H56O9. The number of rotatable bonds is 16. The van der Waals surface area contributed by atoms with Crippen LogP contribution in [0.25, 0.3) is 0 Å². The second-order valence-electron chi connectivity index (χ2n) is 15.1. The first-order valence-corrected chi connectivity index (χ1v) is 17.2. The number of hydrogen-bond acceptors (Lipinski definition) is 8. The summed E-state index contributed by atoms with van der Waals surface area (Å²) in [7, 11) is 0. The van der Waals surface area contributed by atoms with Crippen LogP contribution in [0, 0.1) is 29.1 Å². The molecule has 9 nitrogen and oxygen atoms in total. The van der Waals surface area contributed by atoms with Crippen LogP contribution in [0.15, 0.2) is 23.3 Å². The Bertz CT molecular complexity index is 1200. The third kappa shape index (κ3) is 5.74. The quantitative estimate of drug-likeness (QED) is 0.0893. The van der Waals surface area contributed by atoms with Gasteiger partial charge in [-0.15, -0.1) is 0 Å². The summed E-state index contributed by atoms with van der Waals surface area (Å²) < 4.78 is 6.14. The Balaban J connectivity index is 1.57. The van der Waals surface area contributed by atoms with E-state index in [0.717, 1.165) is 25.7 Å². The lowest BCUT2D eigenvalue weighted by atomic mass is 9.54. The van der Waals surface area contributed by atoms with Crippen LogP contribution >= 0.6 is 0 Å². The van der Waals surface area contributed by atoms with Gasteiger partial charge in [0.25, 0.3) is 0 Å². The van der Waals surface area contributed by atoms with E-state index in [-0.39, 0.29) is 18.4 Å². The minimum absolute atomic E-state index is 0.0492. The van der Waals surface area contributed by atoms with E-state index < -0.39 is 82.2 Å². The van der Waals surface area contributed by atoms with Crippen molar-refractivity contribution in [3.8, 4) is 0 Å². The molecule has 5 N–H and O–H groups in total. The van der Waals surface area contributed by atoms with Gasteiger partial charge in [0.1, 0.15) is 11.2 Å². The Kier molecular flexibility index (Phi) is 10.5. The summed E-state index contributed by atoms with van der Waals surface area (Å²) in [5.41, 5.74) is -8.27. The van der Waals surface area contributed by atoms with E-state index in [0.29, 0.717) is 12.0 Å². The number of Topliss-reactive ketones (excluding diaryl/α,β-unsaturated/α-hetero) is 1. The summed E-state index contributed by atoms with van der Waals surface area (Å²) in [4.78, 5) is 39.2. The molecule has 0 aromatic heterocycles. The van der Waals surface area contributed by atoms with Gasteiger partial charge in [-0.05, 0) is 24.5 Å². The van der Waals surface area contributed by atoms with Gasteiger partial charge in [-0.25, -0.2) is 0 Å². The predicted octanol–water partition coefficient (Wildman–Crippen LogP) is 5.03. The molecule has 4 aliphatic rings. The number of aliphatic hydroxyl groups excluding tert-OH is 1. The SMILES string of the molecule is CCCCCCCCCCCCCC(=O)O[C@]1(CC(=O)O)[C@@H](C)[C@@]2(O)[C@@H](C=C(CO)C[C@]3(O)C(=O)C(C)=C[C@@H]23)[C@@H]2C(C)(C)[C@@]21O. The van der Waals surface area contributed by atoms with Gasteiger partial charge in [0.2, 0.25) is 0 Å².